The molecule has 0 radical (unpaired) electrons. The maximum absolute atomic E-state index is 12.2. The lowest BCUT2D eigenvalue weighted by molar-refractivity contribution is -0.129. The molecule has 1 aliphatic rings. The van der Waals surface area contributed by atoms with Crippen LogP contribution in [0.5, 0.6) is 5.75 Å². The van der Waals surface area contributed by atoms with E-state index in [2.05, 4.69) is 0 Å². The zero-order chi connectivity index (χ0) is 13.0. The van der Waals surface area contributed by atoms with Gasteiger partial charge in [0.25, 0.3) is 0 Å². The van der Waals surface area contributed by atoms with E-state index in [0.29, 0.717) is 0 Å². The highest BCUT2D eigenvalue weighted by Crippen LogP contribution is 2.27. The van der Waals surface area contributed by atoms with E-state index in [1.807, 2.05) is 36.1 Å². The van der Waals surface area contributed by atoms with Crippen LogP contribution in [0.3, 0.4) is 0 Å². The lowest BCUT2D eigenvalue weighted by atomic mass is 10.3. The largest absolute Gasteiger partial charge is 0.497 e. The first-order valence-corrected chi connectivity index (χ1v) is 7.18. The van der Waals surface area contributed by atoms with Gasteiger partial charge in [-0.1, -0.05) is 0 Å². The van der Waals surface area contributed by atoms with Crippen molar-refractivity contribution in [3.8, 4) is 5.75 Å². The lowest BCUT2D eigenvalue weighted by Gasteiger charge is -2.19. The molecule has 2 rings (SSSR count). The number of benzene rings is 1. The van der Waals surface area contributed by atoms with Crippen LogP contribution in [0.25, 0.3) is 0 Å². The van der Waals surface area contributed by atoms with Gasteiger partial charge in [0.15, 0.2) is 0 Å². The number of carbonyl (C=O) groups is 1. The minimum Gasteiger partial charge on any atom is -0.497 e. The lowest BCUT2D eigenvalue weighted by Crippen LogP contribution is -2.33. The summed E-state index contributed by atoms with van der Waals surface area (Å²) in [6.07, 6.45) is 2.29. The Balaban J connectivity index is 1.92. The first-order valence-electron chi connectivity index (χ1n) is 6.30. The van der Waals surface area contributed by atoms with Gasteiger partial charge in [-0.05, 0) is 44.0 Å². The van der Waals surface area contributed by atoms with Crippen molar-refractivity contribution in [1.82, 2.24) is 4.90 Å². The van der Waals surface area contributed by atoms with Gasteiger partial charge in [-0.3, -0.25) is 4.79 Å². The van der Waals surface area contributed by atoms with Crippen LogP contribution in [-0.4, -0.2) is 36.3 Å². The van der Waals surface area contributed by atoms with Crippen molar-refractivity contribution >= 4 is 17.7 Å². The zero-order valence-electron chi connectivity index (χ0n) is 10.9. The summed E-state index contributed by atoms with van der Waals surface area (Å²) in [6, 6.07) is 7.85. The molecular weight excluding hydrogens is 246 g/mol. The number of likely N-dealkylation sites (tertiary alicyclic amines) is 1. The molecule has 0 aliphatic carbocycles. The normalized spacial score (nSPS) is 16.7. The van der Waals surface area contributed by atoms with Crippen LogP contribution in [0.1, 0.15) is 19.8 Å². The second-order valence-corrected chi connectivity index (χ2v) is 5.88. The molecular formula is C14H19NO2S. The minimum absolute atomic E-state index is 0.0171. The van der Waals surface area contributed by atoms with Crippen molar-refractivity contribution in [3.05, 3.63) is 24.3 Å². The molecule has 1 fully saturated rings. The Morgan fingerprint density at radius 1 is 1.28 bits per heavy atom. The molecule has 18 heavy (non-hydrogen) atoms. The van der Waals surface area contributed by atoms with E-state index < -0.39 is 0 Å². The summed E-state index contributed by atoms with van der Waals surface area (Å²) in [5, 5.41) is -0.0171. The molecule has 4 heteroatoms. The number of rotatable bonds is 4. The third kappa shape index (κ3) is 3.19. The number of amides is 1. The fraction of sp³-hybridized carbons (Fsp3) is 0.500. The molecule has 1 aliphatic heterocycles. The molecule has 1 amide bonds. The smallest absolute Gasteiger partial charge is 0.235 e. The van der Waals surface area contributed by atoms with E-state index >= 15 is 0 Å². The first-order chi connectivity index (χ1) is 8.70. The van der Waals surface area contributed by atoms with Gasteiger partial charge in [0.2, 0.25) is 5.91 Å². The predicted molar refractivity (Wildman–Crippen MR) is 74.1 cm³/mol. The van der Waals surface area contributed by atoms with Crippen LogP contribution in [0.2, 0.25) is 0 Å². The standard InChI is InChI=1S/C14H19NO2S/c1-11(14(16)15-9-3-4-10-15)18-13-7-5-12(17-2)6-8-13/h5-8,11H,3-4,9-10H2,1-2H3/t11-/m1/s1. The maximum atomic E-state index is 12.2. The van der Waals surface area contributed by atoms with E-state index in [9.17, 15) is 4.79 Å². The van der Waals surface area contributed by atoms with E-state index in [4.69, 9.17) is 4.74 Å². The molecule has 0 unspecified atom stereocenters. The number of hydrogen-bond acceptors (Lipinski definition) is 3. The fourth-order valence-corrected chi connectivity index (χ4v) is 3.05. The number of nitrogens with zero attached hydrogens (tertiary/aromatic N) is 1. The van der Waals surface area contributed by atoms with Gasteiger partial charge in [-0.15, -0.1) is 11.8 Å². The van der Waals surface area contributed by atoms with Crippen LogP contribution < -0.4 is 4.74 Å². The van der Waals surface area contributed by atoms with Crippen LogP contribution in [0.4, 0.5) is 0 Å². The molecule has 0 N–H and O–H groups in total. The van der Waals surface area contributed by atoms with Crippen molar-refractivity contribution in [2.45, 2.75) is 29.9 Å². The third-order valence-electron chi connectivity index (χ3n) is 3.14. The Morgan fingerprint density at radius 3 is 2.44 bits per heavy atom. The van der Waals surface area contributed by atoms with Crippen molar-refractivity contribution in [1.29, 1.82) is 0 Å². The minimum atomic E-state index is -0.0171. The second kappa shape index (κ2) is 6.14. The van der Waals surface area contributed by atoms with Gasteiger partial charge in [0.05, 0.1) is 12.4 Å². The summed E-state index contributed by atoms with van der Waals surface area (Å²) in [6.45, 7) is 3.83. The van der Waals surface area contributed by atoms with Crippen LogP contribution in [0, 0.1) is 0 Å². The van der Waals surface area contributed by atoms with E-state index in [0.717, 1.165) is 36.6 Å². The molecule has 1 aromatic rings. The Labute approximate surface area is 113 Å². The average Bonchev–Trinajstić information content (AvgIpc) is 2.92. The Kier molecular flexibility index (Phi) is 4.53. The molecule has 1 saturated heterocycles. The summed E-state index contributed by atoms with van der Waals surface area (Å²) in [4.78, 5) is 15.2. The highest BCUT2D eigenvalue weighted by atomic mass is 32.2. The molecule has 0 spiro atoms. The number of ether oxygens (including phenoxy) is 1. The third-order valence-corrected chi connectivity index (χ3v) is 4.24. The maximum Gasteiger partial charge on any atom is 0.235 e. The van der Waals surface area contributed by atoms with Crippen LogP contribution >= 0.6 is 11.8 Å². The van der Waals surface area contributed by atoms with Gasteiger partial charge >= 0.3 is 0 Å². The van der Waals surface area contributed by atoms with Crippen LogP contribution in [-0.2, 0) is 4.79 Å². The van der Waals surface area contributed by atoms with Crippen molar-refractivity contribution in [3.63, 3.8) is 0 Å². The molecule has 0 bridgehead atoms. The predicted octanol–water partition coefficient (Wildman–Crippen LogP) is 2.80. The molecule has 98 valence electrons. The van der Waals surface area contributed by atoms with Gasteiger partial charge in [0, 0.05) is 18.0 Å². The molecule has 1 atom stereocenters. The van der Waals surface area contributed by atoms with Gasteiger partial charge in [-0.2, -0.15) is 0 Å². The highest BCUT2D eigenvalue weighted by molar-refractivity contribution is 8.00. The molecule has 0 aromatic heterocycles. The molecule has 0 saturated carbocycles. The molecule has 3 nitrogen and oxygen atoms in total. The number of carbonyl (C=O) groups excluding carboxylic acids is 1. The van der Waals surface area contributed by atoms with Gasteiger partial charge in [0.1, 0.15) is 5.75 Å². The van der Waals surface area contributed by atoms with Gasteiger partial charge < -0.3 is 9.64 Å². The second-order valence-electron chi connectivity index (χ2n) is 4.47. The summed E-state index contributed by atoms with van der Waals surface area (Å²) >= 11 is 1.61. The summed E-state index contributed by atoms with van der Waals surface area (Å²) in [7, 11) is 1.65. The van der Waals surface area contributed by atoms with E-state index in [1.54, 1.807) is 18.9 Å². The van der Waals surface area contributed by atoms with Crippen LogP contribution in [0.15, 0.2) is 29.2 Å². The summed E-state index contributed by atoms with van der Waals surface area (Å²) in [5.74, 6) is 1.10. The van der Waals surface area contributed by atoms with Crippen molar-refractivity contribution in [2.75, 3.05) is 20.2 Å². The molecule has 1 aromatic carbocycles. The topological polar surface area (TPSA) is 29.5 Å². The quantitative estimate of drug-likeness (QED) is 0.784. The van der Waals surface area contributed by atoms with Crippen molar-refractivity contribution in [2.24, 2.45) is 0 Å². The summed E-state index contributed by atoms with van der Waals surface area (Å²) in [5.41, 5.74) is 0. The molecule has 1 heterocycles. The van der Waals surface area contributed by atoms with Gasteiger partial charge in [-0.25, -0.2) is 0 Å². The SMILES string of the molecule is COc1ccc(S[C@H](C)C(=O)N2CCCC2)cc1. The Hall–Kier alpha value is -1.16. The number of methoxy groups -OCH3 is 1. The highest BCUT2D eigenvalue weighted by Gasteiger charge is 2.23. The monoisotopic (exact) mass is 265 g/mol. The fourth-order valence-electron chi connectivity index (χ4n) is 2.10. The Bertz CT molecular complexity index is 399. The van der Waals surface area contributed by atoms with Crippen molar-refractivity contribution < 1.29 is 9.53 Å². The van der Waals surface area contributed by atoms with E-state index in [-0.39, 0.29) is 11.2 Å². The zero-order valence-corrected chi connectivity index (χ0v) is 11.7. The average molecular weight is 265 g/mol. The summed E-state index contributed by atoms with van der Waals surface area (Å²) < 4.78 is 5.12. The number of hydrogen-bond donors (Lipinski definition) is 0. The Morgan fingerprint density at radius 2 is 1.89 bits per heavy atom. The number of thioether (sulfide) groups is 1. The van der Waals surface area contributed by atoms with E-state index in [1.165, 1.54) is 0 Å². The first kappa shape index (κ1) is 13.3.